The second kappa shape index (κ2) is 13.3. The van der Waals surface area contributed by atoms with Gasteiger partial charge in [-0.1, -0.05) is 12.1 Å². The second-order valence-corrected chi connectivity index (χ2v) is 11.4. The molecule has 0 radical (unpaired) electrons. The van der Waals surface area contributed by atoms with Crippen LogP contribution in [-0.4, -0.2) is 87.6 Å². The standard InChI is InChI=1S/C27H34FN3O7S/c1-20(27(33)29-17-24-3-2-14-37-24)31(18-21-4-6-22(28)7-5-21)26(32)19-38-23-8-10-25(11-9-23)39(34,35)30-12-15-36-16-13-30/h4-11,20,24H,2-3,12-19H2,1H3,(H,29,33)/t20-,24+/m0/s1. The molecule has 10 nitrogen and oxygen atoms in total. The normalized spacial score (nSPS) is 18.9. The van der Waals surface area contributed by atoms with E-state index in [0.29, 0.717) is 50.8 Å². The third-order valence-corrected chi connectivity index (χ3v) is 8.67. The minimum Gasteiger partial charge on any atom is -0.484 e. The first-order chi connectivity index (χ1) is 18.7. The van der Waals surface area contributed by atoms with Crippen LogP contribution >= 0.6 is 0 Å². The summed E-state index contributed by atoms with van der Waals surface area (Å²) in [7, 11) is -3.65. The van der Waals surface area contributed by atoms with Crippen LogP contribution in [0.1, 0.15) is 25.3 Å². The fourth-order valence-corrected chi connectivity index (χ4v) is 5.82. The van der Waals surface area contributed by atoms with Gasteiger partial charge in [0.2, 0.25) is 15.9 Å². The minimum atomic E-state index is -3.65. The Balaban J connectivity index is 1.40. The average molecular weight is 564 g/mol. The molecular formula is C27H34FN3O7S. The largest absolute Gasteiger partial charge is 0.484 e. The smallest absolute Gasteiger partial charge is 0.261 e. The lowest BCUT2D eigenvalue weighted by Crippen LogP contribution is -2.50. The Bertz CT molecular complexity index is 1210. The Morgan fingerprint density at radius 2 is 1.79 bits per heavy atom. The first kappa shape index (κ1) is 28.9. The van der Waals surface area contributed by atoms with E-state index in [0.717, 1.165) is 12.8 Å². The van der Waals surface area contributed by atoms with Crippen molar-refractivity contribution in [3.63, 3.8) is 0 Å². The highest BCUT2D eigenvalue weighted by atomic mass is 32.2. The van der Waals surface area contributed by atoms with E-state index in [4.69, 9.17) is 14.2 Å². The molecule has 0 bridgehead atoms. The van der Waals surface area contributed by atoms with Crippen molar-refractivity contribution in [3.8, 4) is 5.75 Å². The van der Waals surface area contributed by atoms with Gasteiger partial charge in [-0.15, -0.1) is 0 Å². The maximum absolute atomic E-state index is 13.4. The molecule has 12 heteroatoms. The van der Waals surface area contributed by atoms with E-state index in [2.05, 4.69) is 5.32 Å². The van der Waals surface area contributed by atoms with Gasteiger partial charge >= 0.3 is 0 Å². The summed E-state index contributed by atoms with van der Waals surface area (Å²) < 4.78 is 56.9. The molecular weight excluding hydrogens is 529 g/mol. The van der Waals surface area contributed by atoms with Crippen LogP contribution in [0.5, 0.6) is 5.75 Å². The Kier molecular flexibility index (Phi) is 9.89. The molecule has 2 aromatic rings. The SMILES string of the molecule is C[C@@H](C(=O)NC[C@H]1CCCO1)N(Cc1ccc(F)cc1)C(=O)COc1ccc(S(=O)(=O)N2CCOCC2)cc1. The Labute approximate surface area is 228 Å². The number of carbonyl (C=O) groups is 2. The zero-order valence-electron chi connectivity index (χ0n) is 21.9. The number of benzene rings is 2. The summed E-state index contributed by atoms with van der Waals surface area (Å²) in [6.45, 7) is 3.63. The van der Waals surface area contributed by atoms with Crippen LogP contribution in [0, 0.1) is 5.82 Å². The predicted molar refractivity (Wildman–Crippen MR) is 140 cm³/mol. The molecule has 2 fully saturated rings. The summed E-state index contributed by atoms with van der Waals surface area (Å²) in [6, 6.07) is 10.7. The van der Waals surface area contributed by atoms with Crippen molar-refractivity contribution in [3.05, 3.63) is 59.9 Å². The summed E-state index contributed by atoms with van der Waals surface area (Å²) >= 11 is 0. The van der Waals surface area contributed by atoms with Gasteiger partial charge in [0.15, 0.2) is 6.61 Å². The number of ether oxygens (including phenoxy) is 3. The van der Waals surface area contributed by atoms with Crippen LogP contribution in [0.2, 0.25) is 0 Å². The van der Waals surface area contributed by atoms with Gasteiger partial charge in [0.05, 0.1) is 24.2 Å². The fourth-order valence-electron chi connectivity index (χ4n) is 4.41. The van der Waals surface area contributed by atoms with Gasteiger partial charge in [0.1, 0.15) is 17.6 Å². The lowest BCUT2D eigenvalue weighted by molar-refractivity contribution is -0.142. The Morgan fingerprint density at radius 1 is 1.10 bits per heavy atom. The predicted octanol–water partition coefficient (Wildman–Crippen LogP) is 1.94. The molecule has 2 aliphatic heterocycles. The fraction of sp³-hybridized carbons (Fsp3) is 0.481. The number of nitrogens with zero attached hydrogens (tertiary/aromatic N) is 2. The topological polar surface area (TPSA) is 114 Å². The monoisotopic (exact) mass is 563 g/mol. The van der Waals surface area contributed by atoms with E-state index in [1.807, 2.05) is 0 Å². The number of halogens is 1. The van der Waals surface area contributed by atoms with E-state index < -0.39 is 27.8 Å². The highest BCUT2D eigenvalue weighted by molar-refractivity contribution is 7.89. The molecule has 0 unspecified atom stereocenters. The zero-order valence-corrected chi connectivity index (χ0v) is 22.7. The summed E-state index contributed by atoms with van der Waals surface area (Å²) in [5, 5.41) is 2.85. The van der Waals surface area contributed by atoms with Gasteiger partial charge in [0.25, 0.3) is 5.91 Å². The third-order valence-electron chi connectivity index (χ3n) is 6.76. The molecule has 0 aliphatic carbocycles. The molecule has 2 heterocycles. The first-order valence-electron chi connectivity index (χ1n) is 13.0. The summed E-state index contributed by atoms with van der Waals surface area (Å²) in [5.74, 6) is -0.884. The van der Waals surface area contributed by atoms with E-state index in [1.165, 1.54) is 45.6 Å². The van der Waals surface area contributed by atoms with Gasteiger partial charge in [-0.05, 0) is 61.7 Å². The summed E-state index contributed by atoms with van der Waals surface area (Å²) in [6.07, 6.45) is 1.77. The van der Waals surface area contributed by atoms with E-state index in [9.17, 15) is 22.4 Å². The molecule has 2 atom stereocenters. The molecule has 0 aromatic heterocycles. The van der Waals surface area contributed by atoms with Crippen molar-refractivity contribution in [1.82, 2.24) is 14.5 Å². The van der Waals surface area contributed by atoms with Crippen LogP contribution in [0.25, 0.3) is 0 Å². The average Bonchev–Trinajstić information content (AvgIpc) is 3.48. The quantitative estimate of drug-likeness (QED) is 0.445. The zero-order chi connectivity index (χ0) is 27.8. The van der Waals surface area contributed by atoms with E-state index in [1.54, 1.807) is 19.1 Å². The highest BCUT2D eigenvalue weighted by Gasteiger charge is 2.28. The minimum absolute atomic E-state index is 0.0410. The number of carbonyl (C=O) groups excluding carboxylic acids is 2. The lowest BCUT2D eigenvalue weighted by atomic mass is 10.1. The molecule has 2 aliphatic rings. The number of rotatable bonds is 11. The van der Waals surface area contributed by atoms with Crippen LogP contribution in [0.4, 0.5) is 4.39 Å². The molecule has 2 amide bonds. The molecule has 0 saturated carbocycles. The number of sulfonamides is 1. The van der Waals surface area contributed by atoms with Crippen LogP contribution in [-0.2, 0) is 35.6 Å². The number of amides is 2. The summed E-state index contributed by atoms with van der Waals surface area (Å²) in [4.78, 5) is 27.6. The summed E-state index contributed by atoms with van der Waals surface area (Å²) in [5.41, 5.74) is 0.654. The van der Waals surface area contributed by atoms with E-state index >= 15 is 0 Å². The maximum Gasteiger partial charge on any atom is 0.261 e. The van der Waals surface area contributed by atoms with Crippen LogP contribution in [0.15, 0.2) is 53.4 Å². The van der Waals surface area contributed by atoms with Crippen molar-refractivity contribution in [2.75, 3.05) is 46.1 Å². The van der Waals surface area contributed by atoms with Crippen LogP contribution < -0.4 is 10.1 Å². The third kappa shape index (κ3) is 7.75. The highest BCUT2D eigenvalue weighted by Crippen LogP contribution is 2.21. The molecule has 1 N–H and O–H groups in total. The van der Waals surface area contributed by atoms with Crippen molar-refractivity contribution in [2.45, 2.75) is 43.4 Å². The van der Waals surface area contributed by atoms with Gasteiger partial charge in [-0.3, -0.25) is 9.59 Å². The molecule has 212 valence electrons. The van der Waals surface area contributed by atoms with Crippen molar-refractivity contribution >= 4 is 21.8 Å². The molecule has 39 heavy (non-hydrogen) atoms. The number of morpholine rings is 1. The molecule has 2 aromatic carbocycles. The van der Waals surface area contributed by atoms with Crippen LogP contribution in [0.3, 0.4) is 0 Å². The number of hydrogen-bond acceptors (Lipinski definition) is 7. The lowest BCUT2D eigenvalue weighted by Gasteiger charge is -2.29. The first-order valence-corrected chi connectivity index (χ1v) is 14.4. The Morgan fingerprint density at radius 3 is 2.44 bits per heavy atom. The van der Waals surface area contributed by atoms with Gasteiger partial charge in [-0.25, -0.2) is 12.8 Å². The second-order valence-electron chi connectivity index (χ2n) is 9.48. The maximum atomic E-state index is 13.4. The van der Waals surface area contributed by atoms with Crippen molar-refractivity contribution < 1.29 is 36.6 Å². The van der Waals surface area contributed by atoms with Crippen molar-refractivity contribution in [2.24, 2.45) is 0 Å². The molecule has 4 rings (SSSR count). The van der Waals surface area contributed by atoms with Gasteiger partial charge < -0.3 is 24.4 Å². The molecule has 2 saturated heterocycles. The number of hydrogen-bond donors (Lipinski definition) is 1. The molecule has 0 spiro atoms. The Hall–Kier alpha value is -3.06. The van der Waals surface area contributed by atoms with Crippen molar-refractivity contribution in [1.29, 1.82) is 0 Å². The van der Waals surface area contributed by atoms with Gasteiger partial charge in [0, 0.05) is 32.8 Å². The van der Waals surface area contributed by atoms with E-state index in [-0.39, 0.29) is 30.1 Å². The van der Waals surface area contributed by atoms with Gasteiger partial charge in [-0.2, -0.15) is 4.31 Å². The number of nitrogens with one attached hydrogen (secondary N) is 1.